The minimum Gasteiger partial charge on any atom is -0.307 e. The maximum Gasteiger partial charge on any atom is 0.257 e. The number of nitrogens with one attached hydrogen (secondary N) is 1. The first-order chi connectivity index (χ1) is 16.0. The van der Waals surface area contributed by atoms with Gasteiger partial charge in [0.1, 0.15) is 17.3 Å². The molecule has 0 aliphatic carbocycles. The number of hydrogen-bond donors (Lipinski definition) is 1. The van der Waals surface area contributed by atoms with Crippen LogP contribution in [0, 0.1) is 12.7 Å². The normalized spacial score (nSPS) is 11.0. The van der Waals surface area contributed by atoms with Gasteiger partial charge in [0.25, 0.3) is 5.91 Å². The van der Waals surface area contributed by atoms with Gasteiger partial charge in [-0.25, -0.2) is 18.9 Å². The van der Waals surface area contributed by atoms with Crippen LogP contribution in [-0.4, -0.2) is 25.5 Å². The van der Waals surface area contributed by atoms with Gasteiger partial charge in [-0.05, 0) is 79.2 Å². The average molecular weight is 458 g/mol. The molecular formula is C25H17ClFN5O. The van der Waals surface area contributed by atoms with Crippen LogP contribution < -0.4 is 5.32 Å². The molecule has 0 saturated carbocycles. The molecule has 0 unspecified atom stereocenters. The van der Waals surface area contributed by atoms with Crippen molar-refractivity contribution >= 4 is 29.0 Å². The smallest absolute Gasteiger partial charge is 0.257 e. The second-order valence-electron chi connectivity index (χ2n) is 7.45. The van der Waals surface area contributed by atoms with Crippen molar-refractivity contribution in [2.45, 2.75) is 6.92 Å². The molecule has 162 valence electrons. The molecule has 0 fully saturated rings. The summed E-state index contributed by atoms with van der Waals surface area (Å²) >= 11 is 6.00. The van der Waals surface area contributed by atoms with E-state index in [2.05, 4.69) is 15.4 Å². The lowest BCUT2D eigenvalue weighted by atomic mass is 10.1. The largest absolute Gasteiger partial charge is 0.307 e. The van der Waals surface area contributed by atoms with Crippen LogP contribution in [0.25, 0.3) is 28.2 Å². The molecule has 0 radical (unpaired) electrons. The highest BCUT2D eigenvalue weighted by atomic mass is 35.5. The molecule has 5 aromatic rings. The number of hydrogen-bond acceptors (Lipinski definition) is 4. The van der Waals surface area contributed by atoms with Crippen LogP contribution >= 0.6 is 11.6 Å². The summed E-state index contributed by atoms with van der Waals surface area (Å²) in [6.45, 7) is 1.82. The van der Waals surface area contributed by atoms with Crippen molar-refractivity contribution in [1.29, 1.82) is 0 Å². The fraction of sp³-hybridized carbons (Fsp3) is 0.0400. The van der Waals surface area contributed by atoms with Gasteiger partial charge in [-0.2, -0.15) is 5.10 Å². The van der Waals surface area contributed by atoms with Gasteiger partial charge in [0.05, 0.1) is 5.69 Å². The van der Waals surface area contributed by atoms with Crippen molar-refractivity contribution in [1.82, 2.24) is 19.6 Å². The Bertz CT molecular complexity index is 1500. The van der Waals surface area contributed by atoms with Gasteiger partial charge in [-0.15, -0.1) is 0 Å². The highest BCUT2D eigenvalue weighted by Gasteiger charge is 2.18. The summed E-state index contributed by atoms with van der Waals surface area (Å²) in [5.41, 5.74) is 4.76. The van der Waals surface area contributed by atoms with Crippen LogP contribution in [0.4, 0.5) is 10.2 Å². The van der Waals surface area contributed by atoms with Gasteiger partial charge < -0.3 is 5.32 Å². The van der Waals surface area contributed by atoms with Gasteiger partial charge in [0.2, 0.25) is 0 Å². The van der Waals surface area contributed by atoms with Crippen molar-refractivity contribution in [2.75, 3.05) is 5.32 Å². The van der Waals surface area contributed by atoms with Gasteiger partial charge in [-0.3, -0.25) is 4.79 Å². The van der Waals surface area contributed by atoms with Crippen molar-refractivity contribution in [3.05, 3.63) is 101 Å². The summed E-state index contributed by atoms with van der Waals surface area (Å²) in [6.07, 6.45) is 3.27. The third-order valence-electron chi connectivity index (χ3n) is 5.22. The predicted molar refractivity (Wildman–Crippen MR) is 126 cm³/mol. The Morgan fingerprint density at radius 3 is 2.61 bits per heavy atom. The first-order valence-corrected chi connectivity index (χ1v) is 10.5. The summed E-state index contributed by atoms with van der Waals surface area (Å²) in [6, 6.07) is 18.4. The van der Waals surface area contributed by atoms with Gasteiger partial charge in [-0.1, -0.05) is 11.6 Å². The van der Waals surface area contributed by atoms with Crippen LogP contribution in [0.3, 0.4) is 0 Å². The quantitative estimate of drug-likeness (QED) is 0.369. The van der Waals surface area contributed by atoms with Crippen LogP contribution in [0.15, 0.2) is 79.1 Å². The number of carbonyl (C=O) groups is 1. The number of imidazole rings is 1. The fourth-order valence-electron chi connectivity index (χ4n) is 3.67. The predicted octanol–water partition coefficient (Wildman–Crippen LogP) is 5.81. The Morgan fingerprint density at radius 2 is 1.82 bits per heavy atom. The minimum atomic E-state index is -0.325. The molecule has 0 aliphatic heterocycles. The van der Waals surface area contributed by atoms with Gasteiger partial charge in [0, 0.05) is 34.1 Å². The zero-order valence-corrected chi connectivity index (χ0v) is 18.2. The second kappa shape index (κ2) is 8.44. The summed E-state index contributed by atoms with van der Waals surface area (Å²) in [5.74, 6) is -0.236. The number of nitrogens with zero attached hydrogens (tertiary/aromatic N) is 4. The Hall–Kier alpha value is -4.10. The van der Waals surface area contributed by atoms with E-state index in [4.69, 9.17) is 16.6 Å². The van der Waals surface area contributed by atoms with E-state index in [0.29, 0.717) is 33.4 Å². The van der Waals surface area contributed by atoms with E-state index in [1.165, 1.54) is 12.1 Å². The van der Waals surface area contributed by atoms with Gasteiger partial charge >= 0.3 is 0 Å². The molecule has 8 heteroatoms. The zero-order valence-electron chi connectivity index (χ0n) is 17.5. The highest BCUT2D eigenvalue weighted by molar-refractivity contribution is 6.30. The van der Waals surface area contributed by atoms with Crippen molar-refractivity contribution in [2.24, 2.45) is 0 Å². The number of halogens is 2. The molecule has 0 spiro atoms. The van der Waals surface area contributed by atoms with Gasteiger partial charge in [0.15, 0.2) is 5.65 Å². The first kappa shape index (κ1) is 20.8. The van der Waals surface area contributed by atoms with Crippen LogP contribution in [0.1, 0.15) is 15.9 Å². The monoisotopic (exact) mass is 457 g/mol. The lowest BCUT2D eigenvalue weighted by molar-refractivity contribution is 0.102. The fourth-order valence-corrected chi connectivity index (χ4v) is 3.90. The maximum atomic E-state index is 13.5. The molecular weight excluding hydrogens is 441 g/mol. The molecule has 1 N–H and O–H groups in total. The van der Waals surface area contributed by atoms with Crippen molar-refractivity contribution in [3.63, 3.8) is 0 Å². The number of rotatable bonds is 4. The SMILES string of the molecule is Cc1cc(Cl)ccc1C(=O)Nc1cc(-c2c(-c3ccc(F)cc3)nc3cccnn23)ccn1. The molecule has 2 aromatic carbocycles. The number of fused-ring (bicyclic) bond motifs is 1. The zero-order chi connectivity index (χ0) is 22.9. The molecule has 3 heterocycles. The van der Waals surface area contributed by atoms with E-state index >= 15 is 0 Å². The highest BCUT2D eigenvalue weighted by Crippen LogP contribution is 2.33. The molecule has 33 heavy (non-hydrogen) atoms. The van der Waals surface area contributed by atoms with E-state index in [-0.39, 0.29) is 11.7 Å². The third-order valence-corrected chi connectivity index (χ3v) is 5.45. The van der Waals surface area contributed by atoms with E-state index in [9.17, 15) is 9.18 Å². The third kappa shape index (κ3) is 4.06. The average Bonchev–Trinajstić information content (AvgIpc) is 3.19. The Labute approximate surface area is 193 Å². The second-order valence-corrected chi connectivity index (χ2v) is 7.89. The molecule has 1 amide bonds. The van der Waals surface area contributed by atoms with E-state index in [1.807, 2.05) is 19.1 Å². The van der Waals surface area contributed by atoms with E-state index in [1.54, 1.807) is 59.4 Å². The maximum absolute atomic E-state index is 13.5. The Balaban J connectivity index is 1.57. The van der Waals surface area contributed by atoms with E-state index < -0.39 is 0 Å². The molecule has 0 bridgehead atoms. The molecule has 0 saturated heterocycles. The Morgan fingerprint density at radius 1 is 1.00 bits per heavy atom. The van der Waals surface area contributed by atoms with Crippen LogP contribution in [0.2, 0.25) is 5.02 Å². The van der Waals surface area contributed by atoms with Crippen molar-refractivity contribution in [3.8, 4) is 22.5 Å². The number of pyridine rings is 1. The molecule has 5 rings (SSSR count). The summed E-state index contributed by atoms with van der Waals surface area (Å²) in [7, 11) is 0. The topological polar surface area (TPSA) is 72.2 Å². The summed E-state index contributed by atoms with van der Waals surface area (Å²) in [4.78, 5) is 21.8. The lowest BCUT2D eigenvalue weighted by Crippen LogP contribution is -2.14. The Kier molecular flexibility index (Phi) is 5.32. The number of anilines is 1. The lowest BCUT2D eigenvalue weighted by Gasteiger charge is -2.10. The molecule has 0 aliphatic rings. The molecule has 0 atom stereocenters. The number of aryl methyl sites for hydroxylation is 1. The number of carbonyl (C=O) groups excluding carboxylic acids is 1. The molecule has 6 nitrogen and oxygen atoms in total. The van der Waals surface area contributed by atoms with Crippen LogP contribution in [-0.2, 0) is 0 Å². The summed E-state index contributed by atoms with van der Waals surface area (Å²) in [5, 5.41) is 7.85. The van der Waals surface area contributed by atoms with Crippen molar-refractivity contribution < 1.29 is 9.18 Å². The molecule has 3 aromatic heterocycles. The number of benzene rings is 2. The van der Waals surface area contributed by atoms with E-state index in [0.717, 1.165) is 16.7 Å². The van der Waals surface area contributed by atoms with Crippen LogP contribution in [0.5, 0.6) is 0 Å². The number of amides is 1. The minimum absolute atomic E-state index is 0.288. The first-order valence-electron chi connectivity index (χ1n) is 10.1. The summed E-state index contributed by atoms with van der Waals surface area (Å²) < 4.78 is 15.2. The number of aromatic nitrogens is 4. The standard InChI is InChI=1S/C25H17ClFN5O/c1-15-13-18(26)6-9-20(15)25(33)30-21-14-17(10-12-28-21)24-23(16-4-7-19(27)8-5-16)31-22-3-2-11-29-32(22)24/h2-14H,1H3,(H,28,30,33).